The molecule has 0 aliphatic heterocycles. The molecule has 4 heteroatoms. The summed E-state index contributed by atoms with van der Waals surface area (Å²) in [6.07, 6.45) is 2.18. The Hall–Kier alpha value is -1.06. The van der Waals surface area contributed by atoms with Gasteiger partial charge in [0.15, 0.2) is 0 Å². The molecule has 1 amide bonds. The molecular weight excluding hydrogens is 248 g/mol. The second kappa shape index (κ2) is 8.95. The molecule has 0 bridgehead atoms. The van der Waals surface area contributed by atoms with Crippen LogP contribution in [0.4, 0.5) is 0 Å². The van der Waals surface area contributed by atoms with Crippen molar-refractivity contribution in [1.29, 1.82) is 0 Å². The van der Waals surface area contributed by atoms with Gasteiger partial charge in [-0.1, -0.05) is 26.0 Å². The molecular formula is C14H23ClN2O. The third kappa shape index (κ3) is 6.03. The van der Waals surface area contributed by atoms with Crippen LogP contribution in [0.3, 0.4) is 0 Å². The summed E-state index contributed by atoms with van der Waals surface area (Å²) in [7, 11) is 0. The molecule has 0 unspecified atom stereocenters. The highest BCUT2D eigenvalue weighted by Crippen LogP contribution is 2.05. The summed E-state index contributed by atoms with van der Waals surface area (Å²) in [5.41, 5.74) is 7.25. The van der Waals surface area contributed by atoms with E-state index in [4.69, 9.17) is 5.73 Å². The second-order valence-electron chi connectivity index (χ2n) is 4.69. The van der Waals surface area contributed by atoms with Gasteiger partial charge in [-0.2, -0.15) is 0 Å². The molecule has 0 aromatic heterocycles. The van der Waals surface area contributed by atoms with E-state index in [0.29, 0.717) is 18.0 Å². The smallest absolute Gasteiger partial charge is 0.251 e. The summed E-state index contributed by atoms with van der Waals surface area (Å²) in [6, 6.07) is 7.42. The molecule has 0 atom stereocenters. The van der Waals surface area contributed by atoms with Crippen molar-refractivity contribution in [2.75, 3.05) is 6.54 Å². The highest BCUT2D eigenvalue weighted by molar-refractivity contribution is 5.94. The molecule has 102 valence electrons. The van der Waals surface area contributed by atoms with E-state index in [1.165, 1.54) is 0 Å². The molecule has 0 heterocycles. The quantitative estimate of drug-likeness (QED) is 0.781. The Kier molecular flexibility index (Phi) is 8.42. The molecule has 18 heavy (non-hydrogen) atoms. The first-order valence-corrected chi connectivity index (χ1v) is 6.20. The predicted molar refractivity (Wildman–Crippen MR) is 78.0 cm³/mol. The molecule has 1 rings (SSSR count). The zero-order valence-corrected chi connectivity index (χ0v) is 11.9. The number of hydrogen-bond acceptors (Lipinski definition) is 2. The van der Waals surface area contributed by atoms with Crippen molar-refractivity contribution in [3.8, 4) is 0 Å². The van der Waals surface area contributed by atoms with Crippen molar-refractivity contribution in [1.82, 2.24) is 5.32 Å². The van der Waals surface area contributed by atoms with Crippen LogP contribution in [0.2, 0.25) is 0 Å². The van der Waals surface area contributed by atoms with Crippen LogP contribution in [0.25, 0.3) is 0 Å². The van der Waals surface area contributed by atoms with Crippen LogP contribution in [0, 0.1) is 5.92 Å². The number of nitrogens with two attached hydrogens (primary N) is 1. The van der Waals surface area contributed by atoms with Gasteiger partial charge in [-0.3, -0.25) is 4.79 Å². The maximum atomic E-state index is 11.7. The third-order valence-corrected chi connectivity index (χ3v) is 2.70. The van der Waals surface area contributed by atoms with Crippen LogP contribution in [0.15, 0.2) is 24.3 Å². The zero-order chi connectivity index (χ0) is 12.7. The molecule has 0 saturated heterocycles. The van der Waals surface area contributed by atoms with Gasteiger partial charge in [0, 0.05) is 18.7 Å². The van der Waals surface area contributed by atoms with E-state index in [9.17, 15) is 4.79 Å². The van der Waals surface area contributed by atoms with Crippen LogP contribution >= 0.6 is 12.4 Å². The lowest BCUT2D eigenvalue weighted by molar-refractivity contribution is 0.0952. The van der Waals surface area contributed by atoms with Gasteiger partial charge < -0.3 is 11.1 Å². The number of rotatable bonds is 6. The Morgan fingerprint density at radius 1 is 1.28 bits per heavy atom. The third-order valence-electron chi connectivity index (χ3n) is 2.70. The average molecular weight is 271 g/mol. The SMILES string of the molecule is CC(C)CCCNC(=O)c1ccc(CN)cc1.Cl. The number of carbonyl (C=O) groups is 1. The fourth-order valence-electron chi connectivity index (χ4n) is 1.61. The van der Waals surface area contributed by atoms with Gasteiger partial charge in [-0.05, 0) is 36.5 Å². The van der Waals surface area contributed by atoms with Gasteiger partial charge in [-0.15, -0.1) is 12.4 Å². The Bertz CT molecular complexity index is 349. The maximum Gasteiger partial charge on any atom is 0.251 e. The van der Waals surface area contributed by atoms with E-state index in [1.54, 1.807) is 0 Å². The fraction of sp³-hybridized carbons (Fsp3) is 0.500. The van der Waals surface area contributed by atoms with E-state index in [2.05, 4.69) is 19.2 Å². The normalized spacial score (nSPS) is 10.0. The second-order valence-corrected chi connectivity index (χ2v) is 4.69. The molecule has 0 aliphatic carbocycles. The van der Waals surface area contributed by atoms with E-state index < -0.39 is 0 Å². The lowest BCUT2D eigenvalue weighted by Crippen LogP contribution is -2.24. The lowest BCUT2D eigenvalue weighted by atomic mass is 10.1. The van der Waals surface area contributed by atoms with Crippen LogP contribution in [0.1, 0.15) is 42.6 Å². The Morgan fingerprint density at radius 3 is 2.39 bits per heavy atom. The fourth-order valence-corrected chi connectivity index (χ4v) is 1.61. The largest absolute Gasteiger partial charge is 0.352 e. The van der Waals surface area contributed by atoms with Crippen molar-refractivity contribution in [2.45, 2.75) is 33.2 Å². The van der Waals surface area contributed by atoms with Gasteiger partial charge in [0.05, 0.1) is 0 Å². The van der Waals surface area contributed by atoms with Gasteiger partial charge >= 0.3 is 0 Å². The zero-order valence-electron chi connectivity index (χ0n) is 11.1. The van der Waals surface area contributed by atoms with Gasteiger partial charge in [-0.25, -0.2) is 0 Å². The van der Waals surface area contributed by atoms with Crippen LogP contribution in [0.5, 0.6) is 0 Å². The molecule has 0 aliphatic rings. The van der Waals surface area contributed by atoms with Crippen molar-refractivity contribution in [3.05, 3.63) is 35.4 Å². The van der Waals surface area contributed by atoms with Gasteiger partial charge in [0.1, 0.15) is 0 Å². The maximum absolute atomic E-state index is 11.7. The summed E-state index contributed by atoms with van der Waals surface area (Å²) in [6.45, 7) is 5.63. The first-order valence-electron chi connectivity index (χ1n) is 6.20. The number of hydrogen-bond donors (Lipinski definition) is 2. The summed E-state index contributed by atoms with van der Waals surface area (Å²) in [5, 5.41) is 2.92. The van der Waals surface area contributed by atoms with Crippen LogP contribution in [-0.4, -0.2) is 12.5 Å². The highest BCUT2D eigenvalue weighted by atomic mass is 35.5. The summed E-state index contributed by atoms with van der Waals surface area (Å²) in [4.78, 5) is 11.7. The van der Waals surface area contributed by atoms with Crippen LogP contribution < -0.4 is 11.1 Å². The molecule has 0 spiro atoms. The molecule has 0 radical (unpaired) electrons. The monoisotopic (exact) mass is 270 g/mol. The summed E-state index contributed by atoms with van der Waals surface area (Å²) in [5.74, 6) is 0.688. The minimum absolute atomic E-state index is 0. The number of halogens is 1. The highest BCUT2D eigenvalue weighted by Gasteiger charge is 2.04. The van der Waals surface area contributed by atoms with E-state index in [0.717, 1.165) is 24.9 Å². The van der Waals surface area contributed by atoms with Crippen molar-refractivity contribution < 1.29 is 4.79 Å². The number of benzene rings is 1. The Balaban J connectivity index is 0.00000289. The predicted octanol–water partition coefficient (Wildman–Crippen LogP) is 2.73. The first kappa shape index (κ1) is 16.9. The lowest BCUT2D eigenvalue weighted by Gasteiger charge is -2.07. The van der Waals surface area contributed by atoms with Crippen molar-refractivity contribution in [2.24, 2.45) is 11.7 Å². The summed E-state index contributed by atoms with van der Waals surface area (Å²) >= 11 is 0. The number of nitrogens with one attached hydrogen (secondary N) is 1. The van der Waals surface area contributed by atoms with Crippen LogP contribution in [-0.2, 0) is 6.54 Å². The average Bonchev–Trinajstić information content (AvgIpc) is 2.34. The number of amides is 1. The first-order chi connectivity index (χ1) is 8.13. The van der Waals surface area contributed by atoms with Crippen molar-refractivity contribution in [3.63, 3.8) is 0 Å². The molecule has 1 aromatic carbocycles. The van der Waals surface area contributed by atoms with E-state index >= 15 is 0 Å². The Morgan fingerprint density at radius 2 is 1.89 bits per heavy atom. The van der Waals surface area contributed by atoms with E-state index in [-0.39, 0.29) is 18.3 Å². The molecule has 3 N–H and O–H groups in total. The van der Waals surface area contributed by atoms with Gasteiger partial charge in [0.25, 0.3) is 5.91 Å². The molecule has 3 nitrogen and oxygen atoms in total. The summed E-state index contributed by atoms with van der Waals surface area (Å²) < 4.78 is 0. The topological polar surface area (TPSA) is 55.1 Å². The number of carbonyl (C=O) groups excluding carboxylic acids is 1. The minimum Gasteiger partial charge on any atom is -0.352 e. The van der Waals surface area contributed by atoms with Gasteiger partial charge in [0.2, 0.25) is 0 Å². The molecule has 0 saturated carbocycles. The standard InChI is InChI=1S/C14H22N2O.ClH/c1-11(2)4-3-9-16-14(17)13-7-5-12(10-15)6-8-13;/h5-8,11H,3-4,9-10,15H2,1-2H3,(H,16,17);1H. The Labute approximate surface area is 116 Å². The van der Waals surface area contributed by atoms with Crippen molar-refractivity contribution >= 4 is 18.3 Å². The minimum atomic E-state index is -0.00247. The molecule has 1 aromatic rings. The molecule has 0 fully saturated rings. The van der Waals surface area contributed by atoms with E-state index in [1.807, 2.05) is 24.3 Å².